The summed E-state index contributed by atoms with van der Waals surface area (Å²) in [6.45, 7) is 12.4. The molecule has 30 heteroatoms. The van der Waals surface area contributed by atoms with Crippen molar-refractivity contribution in [2.45, 2.75) is 273 Å². The molecule has 30 nitrogen and oxygen atoms in total. The van der Waals surface area contributed by atoms with Gasteiger partial charge >= 0.3 is 17.9 Å². The number of aliphatic hydroxyl groups is 14. The number of hydrogen-bond donors (Lipinski definition) is 15. The zero-order valence-electron chi connectivity index (χ0n) is 57.1. The number of methoxy groups -OCH3 is 1. The van der Waals surface area contributed by atoms with Crippen LogP contribution >= 0.6 is 0 Å². The third-order valence-corrected chi connectivity index (χ3v) is 24.8. The van der Waals surface area contributed by atoms with E-state index in [0.717, 1.165) is 11.6 Å². The Morgan fingerprint density at radius 1 is 0.576 bits per heavy atom. The molecule has 0 aromatic heterocycles. The fourth-order valence-corrected chi connectivity index (χ4v) is 19.0. The molecule has 9 fully saturated rings. The number of aliphatic hydroxyl groups excluding tert-OH is 14. The van der Waals surface area contributed by atoms with Crippen LogP contribution in [-0.4, -0.2) is 281 Å². The largest absolute Gasteiger partial charge is 0.497 e. The maximum Gasteiger partial charge on any atom is 0.331 e. The Morgan fingerprint density at radius 3 is 1.81 bits per heavy atom. The molecule has 558 valence electrons. The first kappa shape index (κ1) is 76.1. The lowest BCUT2D eigenvalue weighted by Crippen LogP contribution is -2.71. The van der Waals surface area contributed by atoms with E-state index in [-0.39, 0.29) is 38.7 Å². The van der Waals surface area contributed by atoms with E-state index in [9.17, 15) is 86.2 Å². The van der Waals surface area contributed by atoms with Crippen LogP contribution in [0.15, 0.2) is 42.0 Å². The van der Waals surface area contributed by atoms with Gasteiger partial charge in [-0.1, -0.05) is 51.5 Å². The van der Waals surface area contributed by atoms with Crippen molar-refractivity contribution in [2.75, 3.05) is 26.9 Å². The zero-order valence-corrected chi connectivity index (χ0v) is 57.1. The van der Waals surface area contributed by atoms with Crippen LogP contribution in [0.3, 0.4) is 0 Å². The van der Waals surface area contributed by atoms with Gasteiger partial charge in [0.15, 0.2) is 37.4 Å². The lowest BCUT2D eigenvalue weighted by atomic mass is 9.33. The van der Waals surface area contributed by atoms with E-state index in [0.29, 0.717) is 37.0 Å². The minimum Gasteiger partial charge on any atom is -0.497 e. The number of carboxylic acids is 1. The minimum absolute atomic E-state index is 0.00656. The van der Waals surface area contributed by atoms with E-state index in [2.05, 4.69) is 26.8 Å². The Kier molecular flexibility index (Phi) is 22.1. The second-order valence-electron chi connectivity index (χ2n) is 30.9. The first-order chi connectivity index (χ1) is 46.6. The molecule has 5 aliphatic heterocycles. The fourth-order valence-electron chi connectivity index (χ4n) is 19.0. The van der Waals surface area contributed by atoms with Gasteiger partial charge in [-0.25, -0.2) is 4.79 Å². The quantitative estimate of drug-likeness (QED) is 0.0377. The number of esters is 2. The molecule has 99 heavy (non-hydrogen) atoms. The third kappa shape index (κ3) is 13.3. The summed E-state index contributed by atoms with van der Waals surface area (Å²) in [5, 5.41) is 167. The predicted octanol–water partition coefficient (Wildman–Crippen LogP) is -1.21. The van der Waals surface area contributed by atoms with Crippen LogP contribution < -0.4 is 4.74 Å². The first-order valence-electron chi connectivity index (χ1n) is 34.5. The van der Waals surface area contributed by atoms with Crippen LogP contribution in [0.5, 0.6) is 5.75 Å². The van der Waals surface area contributed by atoms with Crippen LogP contribution in [0.2, 0.25) is 0 Å². The number of allylic oxidation sites excluding steroid dienone is 1. The van der Waals surface area contributed by atoms with Gasteiger partial charge < -0.3 is 133 Å². The van der Waals surface area contributed by atoms with E-state index in [1.807, 2.05) is 6.92 Å². The summed E-state index contributed by atoms with van der Waals surface area (Å²) in [5.74, 6) is -4.26. The van der Waals surface area contributed by atoms with Crippen LogP contribution in [0, 0.1) is 50.2 Å². The summed E-state index contributed by atoms with van der Waals surface area (Å²) in [7, 11) is 1.50. The number of benzene rings is 1. The Bertz CT molecular complexity index is 3080. The Hall–Kier alpha value is -4.01. The highest BCUT2D eigenvalue weighted by molar-refractivity contribution is 5.87. The molecule has 0 amide bonds. The topological polar surface area (TPSA) is 465 Å². The fraction of sp³-hybridized carbons (Fsp3) is 0.812. The maximum atomic E-state index is 16.3. The number of hydrogen-bond acceptors (Lipinski definition) is 29. The summed E-state index contributed by atoms with van der Waals surface area (Å²) in [5.41, 5.74) is -5.14. The summed E-state index contributed by atoms with van der Waals surface area (Å²) in [6, 6.07) is 6.70. The van der Waals surface area contributed by atoms with Crippen LogP contribution in [0.4, 0.5) is 0 Å². The van der Waals surface area contributed by atoms with Crippen molar-refractivity contribution < 1.29 is 148 Å². The monoisotopic (exact) mass is 1410 g/mol. The molecular formula is C69H102O30. The summed E-state index contributed by atoms with van der Waals surface area (Å²) in [6.07, 6.45) is -37.0. The highest BCUT2D eigenvalue weighted by Crippen LogP contribution is 2.76. The van der Waals surface area contributed by atoms with Crippen LogP contribution in [0.1, 0.15) is 119 Å². The van der Waals surface area contributed by atoms with E-state index in [1.54, 1.807) is 24.3 Å². The SMILES string of the molecule is COc1ccc(/C=C/C(=O)O[C@@H]2[C@H](O[C@@H]3O[C@@H](C)[C@H](O)[C@@H](O)[C@H]3O)[C@@H](O[C@@H]3O[C@@H](C)[C@H](O[C@@H]4OC[C@@H](O)[C@H](O)[C@H]4O)[C@@H](O)[C@H]3O)[C@H](OC(=O)[C@]34CCC(C)(C)C[C@H]3C3=CC[C@@H]5[C@@]6(C)C[C@H](O)[C@H](O[C@@H]7O[C@H](CO)[C@@H](O)[C@H](O)[C@H]7O)[C@@](C)(C(=O)O)[C@@H]6CC[C@@]5(C)[C@]3(CO)CC4)O[C@@H]2C)cc1. The van der Waals surface area contributed by atoms with Gasteiger partial charge in [0.2, 0.25) is 6.29 Å². The second-order valence-corrected chi connectivity index (χ2v) is 30.9. The molecule has 5 aliphatic carbocycles. The molecule has 4 saturated carbocycles. The molecule has 34 atom stereocenters. The maximum absolute atomic E-state index is 16.3. The molecular weight excluding hydrogens is 1310 g/mol. The minimum atomic E-state index is -2.09. The second kappa shape index (κ2) is 28.8. The number of rotatable bonds is 17. The van der Waals surface area contributed by atoms with Gasteiger partial charge in [-0.05, 0) is 143 Å². The Balaban J connectivity index is 0.937. The van der Waals surface area contributed by atoms with E-state index in [4.69, 9.17) is 56.8 Å². The molecule has 5 saturated heterocycles. The average molecular weight is 1410 g/mol. The molecule has 15 N–H and O–H groups in total. The van der Waals surface area contributed by atoms with Crippen molar-refractivity contribution in [1.82, 2.24) is 0 Å². The lowest BCUT2D eigenvalue weighted by Gasteiger charge is -2.71. The summed E-state index contributed by atoms with van der Waals surface area (Å²) < 4.78 is 73.5. The number of carbonyl (C=O) groups is 3. The molecule has 1 aromatic rings. The summed E-state index contributed by atoms with van der Waals surface area (Å²) >= 11 is 0. The third-order valence-electron chi connectivity index (χ3n) is 24.8. The van der Waals surface area contributed by atoms with Gasteiger partial charge in [0.05, 0.1) is 62.2 Å². The normalized spacial score (nSPS) is 49.8. The van der Waals surface area contributed by atoms with Gasteiger partial charge in [-0.15, -0.1) is 0 Å². The highest BCUT2D eigenvalue weighted by atomic mass is 16.8. The van der Waals surface area contributed by atoms with Gasteiger partial charge in [0.25, 0.3) is 0 Å². The number of aliphatic carboxylic acids is 1. The predicted molar refractivity (Wildman–Crippen MR) is 336 cm³/mol. The highest BCUT2D eigenvalue weighted by Gasteiger charge is 2.74. The number of ether oxygens (including phenoxy) is 12. The van der Waals surface area contributed by atoms with Crippen molar-refractivity contribution in [1.29, 1.82) is 0 Å². The average Bonchev–Trinajstić information content (AvgIpc) is 0.670. The molecule has 0 unspecified atom stereocenters. The van der Waals surface area contributed by atoms with Gasteiger partial charge in [-0.3, -0.25) is 9.59 Å². The zero-order chi connectivity index (χ0) is 72.1. The van der Waals surface area contributed by atoms with E-state index >= 15 is 4.79 Å². The molecule has 0 radical (unpaired) electrons. The summed E-state index contributed by atoms with van der Waals surface area (Å²) in [4.78, 5) is 44.4. The van der Waals surface area contributed by atoms with E-state index < -0.39 is 241 Å². The molecule has 0 spiro atoms. The molecule has 0 bridgehead atoms. The van der Waals surface area contributed by atoms with Gasteiger partial charge in [0.1, 0.15) is 97.3 Å². The van der Waals surface area contributed by atoms with Gasteiger partial charge in [-0.2, -0.15) is 0 Å². The molecule has 11 rings (SSSR count). The van der Waals surface area contributed by atoms with Crippen molar-refractivity contribution in [2.24, 2.45) is 50.2 Å². The van der Waals surface area contributed by atoms with E-state index in [1.165, 1.54) is 40.9 Å². The Labute approximate surface area is 573 Å². The number of carbonyl (C=O) groups excluding carboxylic acids is 2. The number of carboxylic acid groups (broad SMARTS) is 1. The van der Waals surface area contributed by atoms with Crippen LogP contribution in [-0.2, 0) is 66.5 Å². The molecule has 1 aromatic carbocycles. The smallest absolute Gasteiger partial charge is 0.331 e. The van der Waals surface area contributed by atoms with Crippen molar-refractivity contribution in [3.05, 3.63) is 47.6 Å². The van der Waals surface area contributed by atoms with Crippen molar-refractivity contribution in [3.63, 3.8) is 0 Å². The van der Waals surface area contributed by atoms with Crippen molar-refractivity contribution >= 4 is 24.0 Å². The first-order valence-corrected chi connectivity index (χ1v) is 34.5. The number of fused-ring (bicyclic) bond motifs is 7. The Morgan fingerprint density at radius 2 is 1.16 bits per heavy atom. The molecule has 5 heterocycles. The van der Waals surface area contributed by atoms with Crippen molar-refractivity contribution in [3.8, 4) is 5.75 Å². The standard InChI is InChI=1S/C69H102O30/c1-29-42(75)45(78)49(82)58(90-29)96-54-53(94-41(74)17-12-32-10-13-33(88-9)14-11-32)31(3)92-61(55(54)97-59-51(84)47(80)52(30(2)91-59)95-57-48(81)43(76)37(73)27-89-57)99-63(87)68-21-20-64(4,5)24-35(68)34-15-16-39-65(6)25-36(72)56(98-60-50(83)46(79)44(77)38(26-70)93-60)67(8,62(85)86)40(65)18-19-66(39,7)69(34,28-71)23-22-68/h10-15,17,29-31,35-40,42-61,70-73,75-84H,16,18-28H2,1-9H3,(H,85,86)/b17-12+/t29-,30-,31+,35-,36-,37+,38+,39+,40+,42-,43-,44+,45+,46-,47-,48+,49+,50+,51+,52-,53-,54-,55+,56-,57-,58-,59-,60-,61-,65+,66+,67-,68-,69-/m0/s1. The van der Waals surface area contributed by atoms with Gasteiger partial charge in [0, 0.05) is 11.5 Å². The van der Waals surface area contributed by atoms with Crippen LogP contribution in [0.25, 0.3) is 6.08 Å². The molecule has 10 aliphatic rings. The lowest BCUT2D eigenvalue weighted by molar-refractivity contribution is -0.390.